The van der Waals surface area contributed by atoms with Crippen LogP contribution in [0.1, 0.15) is 39.0 Å². The van der Waals surface area contributed by atoms with Crippen LogP contribution in [0.3, 0.4) is 0 Å². The number of amides is 1. The Hall–Kier alpha value is -0.650. The van der Waals surface area contributed by atoms with E-state index in [0.717, 1.165) is 58.3 Å². The summed E-state index contributed by atoms with van der Waals surface area (Å²) in [6.07, 6.45) is 5.25. The van der Waals surface area contributed by atoms with E-state index in [4.69, 9.17) is 5.73 Å². The molecule has 1 amide bonds. The van der Waals surface area contributed by atoms with Crippen molar-refractivity contribution in [2.45, 2.75) is 45.1 Å². The second-order valence-corrected chi connectivity index (χ2v) is 7.34. The van der Waals surface area contributed by atoms with E-state index in [0.29, 0.717) is 24.3 Å². The lowest BCUT2D eigenvalue weighted by Gasteiger charge is -2.35. The zero-order chi connectivity index (χ0) is 16.1. The average Bonchev–Trinajstić information content (AvgIpc) is 2.96. The van der Waals surface area contributed by atoms with Crippen LogP contribution in [-0.4, -0.2) is 66.7 Å². The summed E-state index contributed by atoms with van der Waals surface area (Å²) >= 11 is 0. The van der Waals surface area contributed by atoms with Gasteiger partial charge in [0.15, 0.2) is 0 Å². The van der Waals surface area contributed by atoms with E-state index < -0.39 is 0 Å². The van der Waals surface area contributed by atoms with Crippen molar-refractivity contribution < 1.29 is 9.90 Å². The average molecular weight is 311 g/mol. The number of β-amino-alcohol motifs (C(OH)–C–C–N with tert-alkyl or cyclic N) is 1. The molecular formula is C17H33N3O2. The number of carbonyl (C=O) groups excluding carboxylic acids is 1. The van der Waals surface area contributed by atoms with Crippen LogP contribution in [0, 0.1) is 17.8 Å². The van der Waals surface area contributed by atoms with Crippen LogP contribution >= 0.6 is 0 Å². The van der Waals surface area contributed by atoms with E-state index in [1.54, 1.807) is 0 Å². The van der Waals surface area contributed by atoms with Crippen LogP contribution < -0.4 is 5.73 Å². The monoisotopic (exact) mass is 311 g/mol. The molecule has 1 saturated heterocycles. The molecule has 128 valence electrons. The van der Waals surface area contributed by atoms with Crippen molar-refractivity contribution in [3.05, 3.63) is 0 Å². The lowest BCUT2D eigenvalue weighted by atomic mass is 9.92. The molecule has 22 heavy (non-hydrogen) atoms. The summed E-state index contributed by atoms with van der Waals surface area (Å²) in [4.78, 5) is 16.9. The predicted molar refractivity (Wildman–Crippen MR) is 88.4 cm³/mol. The molecule has 3 atom stereocenters. The molecule has 0 radical (unpaired) electrons. The summed E-state index contributed by atoms with van der Waals surface area (Å²) in [6.45, 7) is 6.19. The van der Waals surface area contributed by atoms with Gasteiger partial charge in [0, 0.05) is 26.1 Å². The third kappa shape index (κ3) is 4.67. The topological polar surface area (TPSA) is 69.8 Å². The summed E-state index contributed by atoms with van der Waals surface area (Å²) in [6, 6.07) is 0. The normalized spacial score (nSPS) is 28.7. The van der Waals surface area contributed by atoms with Gasteiger partial charge in [0.1, 0.15) is 0 Å². The van der Waals surface area contributed by atoms with Crippen LogP contribution in [0.2, 0.25) is 0 Å². The number of hydrogen-bond donors (Lipinski definition) is 2. The van der Waals surface area contributed by atoms with Crippen LogP contribution in [0.5, 0.6) is 0 Å². The molecule has 0 spiro atoms. The van der Waals surface area contributed by atoms with E-state index >= 15 is 0 Å². The Kier molecular flexibility index (Phi) is 6.66. The first-order valence-corrected chi connectivity index (χ1v) is 8.86. The van der Waals surface area contributed by atoms with Crippen molar-refractivity contribution in [2.75, 3.05) is 39.8 Å². The summed E-state index contributed by atoms with van der Waals surface area (Å²) in [5.74, 6) is 1.45. The molecule has 1 unspecified atom stereocenters. The third-order valence-corrected chi connectivity index (χ3v) is 5.42. The Morgan fingerprint density at radius 1 is 1.32 bits per heavy atom. The zero-order valence-corrected chi connectivity index (χ0v) is 14.2. The number of piperidine rings is 1. The van der Waals surface area contributed by atoms with Gasteiger partial charge in [-0.3, -0.25) is 4.79 Å². The Morgan fingerprint density at radius 3 is 2.59 bits per heavy atom. The minimum atomic E-state index is -0.253. The molecule has 5 nitrogen and oxygen atoms in total. The molecule has 5 heteroatoms. The van der Waals surface area contributed by atoms with Gasteiger partial charge in [-0.05, 0) is 64.1 Å². The second-order valence-electron chi connectivity index (χ2n) is 7.34. The summed E-state index contributed by atoms with van der Waals surface area (Å²) in [7, 11) is 1.95. The maximum absolute atomic E-state index is 12.6. The first-order valence-electron chi connectivity index (χ1n) is 8.86. The molecule has 3 N–H and O–H groups in total. The summed E-state index contributed by atoms with van der Waals surface area (Å²) < 4.78 is 0. The highest BCUT2D eigenvalue weighted by molar-refractivity contribution is 5.79. The van der Waals surface area contributed by atoms with E-state index in [2.05, 4.69) is 4.90 Å². The van der Waals surface area contributed by atoms with Crippen molar-refractivity contribution in [1.82, 2.24) is 9.80 Å². The van der Waals surface area contributed by atoms with Gasteiger partial charge in [0.05, 0.1) is 6.10 Å². The molecule has 1 saturated carbocycles. The molecule has 1 aliphatic heterocycles. The smallest absolute Gasteiger partial charge is 0.225 e. The quantitative estimate of drug-likeness (QED) is 0.765. The minimum absolute atomic E-state index is 0.158. The lowest BCUT2D eigenvalue weighted by molar-refractivity contribution is -0.136. The highest BCUT2D eigenvalue weighted by Gasteiger charge is 2.34. The maximum atomic E-state index is 12.6. The van der Waals surface area contributed by atoms with Crippen LogP contribution in [-0.2, 0) is 4.79 Å². The molecule has 0 aromatic carbocycles. The van der Waals surface area contributed by atoms with Crippen molar-refractivity contribution >= 4 is 5.91 Å². The minimum Gasteiger partial charge on any atom is -0.392 e. The van der Waals surface area contributed by atoms with E-state index in [-0.39, 0.29) is 12.0 Å². The summed E-state index contributed by atoms with van der Waals surface area (Å²) in [5.41, 5.74) is 5.80. The van der Waals surface area contributed by atoms with Gasteiger partial charge in [0.2, 0.25) is 5.91 Å². The number of hydrogen-bond acceptors (Lipinski definition) is 4. The second kappa shape index (κ2) is 8.27. The Bertz CT molecular complexity index is 354. The van der Waals surface area contributed by atoms with Gasteiger partial charge >= 0.3 is 0 Å². The zero-order valence-electron chi connectivity index (χ0n) is 14.2. The Labute approximate surface area is 134 Å². The van der Waals surface area contributed by atoms with Gasteiger partial charge < -0.3 is 20.6 Å². The standard InChI is InChI=1S/C17H33N3O2/c1-13(21)11-20-8-6-14(7-9-20)12-19(2)17(22)16-5-3-4-15(16)10-18/h13-16,21H,3-12,18H2,1-2H3/t13?,15-,16-/m1/s1. The third-order valence-electron chi connectivity index (χ3n) is 5.42. The fourth-order valence-electron chi connectivity index (χ4n) is 4.13. The molecule has 2 fully saturated rings. The lowest BCUT2D eigenvalue weighted by Crippen LogP contribution is -2.43. The number of aliphatic hydroxyl groups is 1. The van der Waals surface area contributed by atoms with E-state index in [9.17, 15) is 9.90 Å². The van der Waals surface area contributed by atoms with E-state index in [1.165, 1.54) is 0 Å². The van der Waals surface area contributed by atoms with Gasteiger partial charge in [0.25, 0.3) is 0 Å². The SMILES string of the molecule is CC(O)CN1CCC(CN(C)C(=O)[C@@H]2CCC[C@@H]2CN)CC1. The van der Waals surface area contributed by atoms with Crippen molar-refractivity contribution in [1.29, 1.82) is 0 Å². The van der Waals surface area contributed by atoms with Crippen LogP contribution in [0.25, 0.3) is 0 Å². The molecule has 1 aliphatic carbocycles. The Morgan fingerprint density at radius 2 is 2.00 bits per heavy atom. The van der Waals surface area contributed by atoms with Crippen LogP contribution in [0.15, 0.2) is 0 Å². The van der Waals surface area contributed by atoms with Gasteiger partial charge in [-0.2, -0.15) is 0 Å². The van der Waals surface area contributed by atoms with Crippen LogP contribution in [0.4, 0.5) is 0 Å². The molecule has 0 aromatic rings. The Balaban J connectivity index is 1.75. The summed E-state index contributed by atoms with van der Waals surface area (Å²) in [5, 5.41) is 9.45. The molecule has 2 rings (SSSR count). The van der Waals surface area contributed by atoms with Crippen molar-refractivity contribution in [3.8, 4) is 0 Å². The number of carbonyl (C=O) groups is 1. The number of nitrogens with zero attached hydrogens (tertiary/aromatic N) is 2. The fourth-order valence-corrected chi connectivity index (χ4v) is 4.13. The number of likely N-dealkylation sites (tertiary alicyclic amines) is 1. The first kappa shape index (κ1) is 17.7. The number of rotatable bonds is 6. The highest BCUT2D eigenvalue weighted by atomic mass is 16.3. The highest BCUT2D eigenvalue weighted by Crippen LogP contribution is 2.32. The van der Waals surface area contributed by atoms with Crippen molar-refractivity contribution in [2.24, 2.45) is 23.5 Å². The molecule has 1 heterocycles. The number of nitrogens with two attached hydrogens (primary N) is 1. The van der Waals surface area contributed by atoms with Gasteiger partial charge in [-0.1, -0.05) is 6.42 Å². The molecule has 0 aromatic heterocycles. The fraction of sp³-hybridized carbons (Fsp3) is 0.941. The first-order chi connectivity index (χ1) is 10.5. The van der Waals surface area contributed by atoms with E-state index in [1.807, 2.05) is 18.9 Å². The van der Waals surface area contributed by atoms with Gasteiger partial charge in [-0.15, -0.1) is 0 Å². The predicted octanol–water partition coefficient (Wildman–Crippen LogP) is 0.913. The largest absolute Gasteiger partial charge is 0.392 e. The molecular weight excluding hydrogens is 278 g/mol. The molecule has 0 bridgehead atoms. The van der Waals surface area contributed by atoms with Gasteiger partial charge in [-0.25, -0.2) is 0 Å². The van der Waals surface area contributed by atoms with Crippen molar-refractivity contribution in [3.63, 3.8) is 0 Å². The number of aliphatic hydroxyl groups excluding tert-OH is 1. The maximum Gasteiger partial charge on any atom is 0.225 e. The molecule has 2 aliphatic rings.